The molecule has 4 aromatic rings. The number of ether oxygens (including phenoxy) is 4. The molecule has 0 bridgehead atoms. The van der Waals surface area contributed by atoms with Gasteiger partial charge in [-0.3, -0.25) is 14.7 Å². The molecule has 44 heavy (non-hydrogen) atoms. The molecule has 0 spiro atoms. The van der Waals surface area contributed by atoms with Crippen LogP contribution in [-0.2, 0) is 16.0 Å². The van der Waals surface area contributed by atoms with E-state index in [9.17, 15) is 14.3 Å². The number of nitrogens with one attached hydrogen (secondary N) is 2. The number of pyridine rings is 1. The second-order valence-corrected chi connectivity index (χ2v) is 10.4. The van der Waals surface area contributed by atoms with Crippen LogP contribution in [0.1, 0.15) is 12.0 Å². The Hall–Kier alpha value is -4.52. The molecule has 3 N–H and O–H groups in total. The number of halogens is 1. The number of hydrogen-bond donors (Lipinski definition) is 3. The van der Waals surface area contributed by atoms with Crippen LogP contribution in [0.2, 0.25) is 0 Å². The smallest absolute Gasteiger partial charge is 0.230 e. The van der Waals surface area contributed by atoms with Crippen LogP contribution in [-0.4, -0.2) is 72.6 Å². The number of methoxy groups -OCH3 is 1. The zero-order valence-corrected chi connectivity index (χ0v) is 25.0. The van der Waals surface area contributed by atoms with Gasteiger partial charge in [0.1, 0.15) is 11.6 Å². The number of phenols is 1. The van der Waals surface area contributed by atoms with E-state index in [1.807, 2.05) is 6.07 Å². The van der Waals surface area contributed by atoms with Crippen molar-refractivity contribution >= 4 is 39.8 Å². The highest BCUT2D eigenvalue weighted by Crippen LogP contribution is 2.39. The predicted octanol–water partition coefficient (Wildman–Crippen LogP) is 5.04. The van der Waals surface area contributed by atoms with Crippen molar-refractivity contribution in [3.63, 3.8) is 0 Å². The summed E-state index contributed by atoms with van der Waals surface area (Å²) in [5.74, 6) is 0.675. The molecule has 12 heteroatoms. The molecule has 0 atom stereocenters. The summed E-state index contributed by atoms with van der Waals surface area (Å²) in [6.45, 7) is 4.87. The molecule has 1 aliphatic heterocycles. The van der Waals surface area contributed by atoms with Gasteiger partial charge in [0.2, 0.25) is 5.91 Å². The summed E-state index contributed by atoms with van der Waals surface area (Å²) in [6, 6.07) is 15.9. The Kier molecular flexibility index (Phi) is 10.4. The van der Waals surface area contributed by atoms with E-state index < -0.39 is 11.7 Å². The van der Waals surface area contributed by atoms with E-state index in [1.165, 1.54) is 18.2 Å². The molecule has 1 aromatic heterocycles. The number of aromatic hydroxyl groups is 1. The Bertz CT molecular complexity index is 1630. The SMILES string of the molecule is COc1cc2c(Oc3ccc(NC(=S)NC(=O)Cc4ccccc4F)cc3O)ccnc2cc1OCCCN1CCOCC1. The van der Waals surface area contributed by atoms with Crippen LogP contribution in [0.4, 0.5) is 10.1 Å². The molecule has 1 saturated heterocycles. The highest BCUT2D eigenvalue weighted by Gasteiger charge is 2.15. The van der Waals surface area contributed by atoms with Gasteiger partial charge in [-0.05, 0) is 54.5 Å². The van der Waals surface area contributed by atoms with E-state index in [-0.39, 0.29) is 28.6 Å². The Morgan fingerprint density at radius 1 is 1.07 bits per heavy atom. The number of thiocarbonyl (C=S) groups is 1. The molecule has 3 aromatic carbocycles. The highest BCUT2D eigenvalue weighted by molar-refractivity contribution is 7.80. The van der Waals surface area contributed by atoms with Crippen molar-refractivity contribution in [1.82, 2.24) is 15.2 Å². The first-order valence-electron chi connectivity index (χ1n) is 14.1. The molecule has 1 fully saturated rings. The lowest BCUT2D eigenvalue weighted by Crippen LogP contribution is -2.37. The number of hydrogen-bond acceptors (Lipinski definition) is 9. The molecule has 0 radical (unpaired) electrons. The molecular formula is C32H33FN4O6S. The minimum absolute atomic E-state index is 0.00532. The third-order valence-electron chi connectivity index (χ3n) is 6.97. The number of morpholine rings is 1. The van der Waals surface area contributed by atoms with Gasteiger partial charge in [-0.15, -0.1) is 0 Å². The van der Waals surface area contributed by atoms with Crippen molar-refractivity contribution in [3.8, 4) is 28.7 Å². The maximum absolute atomic E-state index is 13.8. The van der Waals surface area contributed by atoms with E-state index in [0.29, 0.717) is 40.4 Å². The molecule has 1 amide bonds. The van der Waals surface area contributed by atoms with Crippen LogP contribution in [0.15, 0.2) is 66.9 Å². The fourth-order valence-corrected chi connectivity index (χ4v) is 4.96. The number of nitrogens with zero attached hydrogens (tertiary/aromatic N) is 2. The van der Waals surface area contributed by atoms with Crippen molar-refractivity contribution in [2.45, 2.75) is 12.8 Å². The van der Waals surface area contributed by atoms with Gasteiger partial charge < -0.3 is 34.7 Å². The molecule has 2 heterocycles. The first-order valence-corrected chi connectivity index (χ1v) is 14.5. The summed E-state index contributed by atoms with van der Waals surface area (Å²) in [4.78, 5) is 19.1. The average molecular weight is 621 g/mol. The maximum atomic E-state index is 13.8. The first kappa shape index (κ1) is 30.9. The summed E-state index contributed by atoms with van der Waals surface area (Å²) in [7, 11) is 1.57. The topological polar surface area (TPSA) is 114 Å². The van der Waals surface area contributed by atoms with Gasteiger partial charge in [-0.1, -0.05) is 18.2 Å². The molecule has 230 valence electrons. The Morgan fingerprint density at radius 3 is 2.66 bits per heavy atom. The van der Waals surface area contributed by atoms with Gasteiger partial charge >= 0.3 is 0 Å². The van der Waals surface area contributed by atoms with Gasteiger partial charge in [0.15, 0.2) is 28.1 Å². The minimum atomic E-state index is -0.474. The third-order valence-corrected chi connectivity index (χ3v) is 7.17. The van der Waals surface area contributed by atoms with Crippen molar-refractivity contribution in [3.05, 3.63) is 78.2 Å². The van der Waals surface area contributed by atoms with E-state index >= 15 is 0 Å². The second-order valence-electron chi connectivity index (χ2n) is 10.0. The fraction of sp³-hybridized carbons (Fsp3) is 0.281. The summed E-state index contributed by atoms with van der Waals surface area (Å²) in [5, 5.41) is 16.7. The molecule has 0 aliphatic carbocycles. The predicted molar refractivity (Wildman–Crippen MR) is 168 cm³/mol. The zero-order chi connectivity index (χ0) is 30.9. The van der Waals surface area contributed by atoms with E-state index in [2.05, 4.69) is 20.5 Å². The maximum Gasteiger partial charge on any atom is 0.230 e. The van der Waals surface area contributed by atoms with Gasteiger partial charge in [-0.25, -0.2) is 4.39 Å². The molecule has 0 unspecified atom stereocenters. The van der Waals surface area contributed by atoms with Crippen molar-refractivity contribution in [2.24, 2.45) is 0 Å². The third kappa shape index (κ3) is 8.10. The highest BCUT2D eigenvalue weighted by atomic mass is 32.1. The lowest BCUT2D eigenvalue weighted by atomic mass is 10.1. The van der Waals surface area contributed by atoms with Crippen molar-refractivity contribution < 1.29 is 33.2 Å². The largest absolute Gasteiger partial charge is 0.504 e. The number of carbonyl (C=O) groups is 1. The normalized spacial score (nSPS) is 13.3. The minimum Gasteiger partial charge on any atom is -0.504 e. The number of anilines is 1. The lowest BCUT2D eigenvalue weighted by Gasteiger charge is -2.26. The Labute approximate surface area is 259 Å². The summed E-state index contributed by atoms with van der Waals surface area (Å²) in [5.41, 5.74) is 1.32. The number of aromatic nitrogens is 1. The second kappa shape index (κ2) is 14.8. The molecule has 1 aliphatic rings. The molecule has 0 saturated carbocycles. The van der Waals surface area contributed by atoms with Gasteiger partial charge in [0.05, 0.1) is 38.9 Å². The summed E-state index contributed by atoms with van der Waals surface area (Å²) < 4.78 is 36.9. The number of carbonyl (C=O) groups excluding carboxylic acids is 1. The quantitative estimate of drug-likeness (QED) is 0.156. The number of amides is 1. The average Bonchev–Trinajstić information content (AvgIpc) is 3.02. The van der Waals surface area contributed by atoms with Crippen LogP contribution in [0.25, 0.3) is 10.9 Å². The monoisotopic (exact) mass is 620 g/mol. The summed E-state index contributed by atoms with van der Waals surface area (Å²) in [6.07, 6.45) is 2.31. The fourth-order valence-electron chi connectivity index (χ4n) is 4.73. The van der Waals surface area contributed by atoms with Crippen LogP contribution < -0.4 is 24.8 Å². The van der Waals surface area contributed by atoms with Crippen molar-refractivity contribution in [1.29, 1.82) is 0 Å². The lowest BCUT2D eigenvalue weighted by molar-refractivity contribution is -0.119. The van der Waals surface area contributed by atoms with E-state index in [4.69, 9.17) is 31.2 Å². The van der Waals surface area contributed by atoms with Gasteiger partial charge in [-0.2, -0.15) is 0 Å². The van der Waals surface area contributed by atoms with Gasteiger partial charge in [0, 0.05) is 49.0 Å². The zero-order valence-electron chi connectivity index (χ0n) is 24.2. The Morgan fingerprint density at radius 2 is 1.89 bits per heavy atom. The number of rotatable bonds is 11. The molecule has 5 rings (SSSR count). The standard InChI is InChI=1S/C32H33FN4O6S/c1-40-29-19-23-25(20-30(29)42-14-4-11-37-12-15-41-16-13-37)34-10-9-27(23)43-28-8-7-22(18-26(28)38)35-32(44)36-31(39)17-21-5-2-3-6-24(21)33/h2-3,5-10,18-20,38H,4,11-17H2,1H3,(H2,35,36,39,44). The Balaban J connectivity index is 1.20. The van der Waals surface area contributed by atoms with Gasteiger partial charge in [0.25, 0.3) is 0 Å². The van der Waals surface area contributed by atoms with Crippen LogP contribution in [0, 0.1) is 5.82 Å². The van der Waals surface area contributed by atoms with Crippen LogP contribution >= 0.6 is 12.2 Å². The number of fused-ring (bicyclic) bond motifs is 1. The van der Waals surface area contributed by atoms with E-state index in [0.717, 1.165) is 39.3 Å². The van der Waals surface area contributed by atoms with E-state index in [1.54, 1.807) is 49.7 Å². The number of phenolic OH excluding ortho intramolecular Hbond substituents is 1. The van der Waals surface area contributed by atoms with Crippen LogP contribution in [0.5, 0.6) is 28.7 Å². The van der Waals surface area contributed by atoms with Crippen molar-refractivity contribution in [2.75, 3.05) is 51.9 Å². The van der Waals surface area contributed by atoms with Crippen LogP contribution in [0.3, 0.4) is 0 Å². The number of benzene rings is 3. The molecule has 10 nitrogen and oxygen atoms in total. The summed E-state index contributed by atoms with van der Waals surface area (Å²) >= 11 is 5.21. The molecular weight excluding hydrogens is 587 g/mol. The first-order chi connectivity index (χ1) is 21.4.